The topological polar surface area (TPSA) is 52.5 Å². The number of phenols is 1. The molecule has 2 atom stereocenters. The number of hydrogen-bond donors (Lipinski definition) is 3. The van der Waals surface area contributed by atoms with Crippen molar-refractivity contribution in [1.29, 1.82) is 0 Å². The van der Waals surface area contributed by atoms with Crippen molar-refractivity contribution in [3.63, 3.8) is 0 Å². The Morgan fingerprint density at radius 1 is 1.20 bits per heavy atom. The number of hydrogen-bond acceptors (Lipinski definition) is 3. The zero-order valence-corrected chi connectivity index (χ0v) is 11.9. The standard InChI is InChI=1S/C17H21NO2/c1-17(2)15(9-16(17)20)18-10-13-12-6-4-3-5-11(12)7-8-14(13)19/h3-8,15-16,18-20H,9-10H2,1-2H3. The Morgan fingerprint density at radius 2 is 1.95 bits per heavy atom. The van der Waals surface area contributed by atoms with E-state index >= 15 is 0 Å². The molecule has 3 heteroatoms. The van der Waals surface area contributed by atoms with Gasteiger partial charge in [0.05, 0.1) is 6.10 Å². The number of phenolic OH excluding ortho intramolecular Hbond substituents is 1. The van der Waals surface area contributed by atoms with Gasteiger partial charge < -0.3 is 15.5 Å². The van der Waals surface area contributed by atoms with Gasteiger partial charge >= 0.3 is 0 Å². The van der Waals surface area contributed by atoms with Gasteiger partial charge in [0.2, 0.25) is 0 Å². The molecule has 1 fully saturated rings. The van der Waals surface area contributed by atoms with Gasteiger partial charge in [0.1, 0.15) is 5.75 Å². The molecule has 0 spiro atoms. The summed E-state index contributed by atoms with van der Waals surface area (Å²) in [6, 6.07) is 12.0. The van der Waals surface area contributed by atoms with E-state index in [0.717, 1.165) is 22.8 Å². The minimum Gasteiger partial charge on any atom is -0.508 e. The maximum Gasteiger partial charge on any atom is 0.120 e. The second kappa shape index (κ2) is 4.76. The lowest BCUT2D eigenvalue weighted by atomic mass is 9.64. The molecule has 0 amide bonds. The summed E-state index contributed by atoms with van der Waals surface area (Å²) in [7, 11) is 0. The van der Waals surface area contributed by atoms with Crippen LogP contribution in [-0.4, -0.2) is 22.4 Å². The van der Waals surface area contributed by atoms with E-state index in [1.807, 2.05) is 24.3 Å². The van der Waals surface area contributed by atoms with Crippen LogP contribution in [0.4, 0.5) is 0 Å². The number of benzene rings is 2. The smallest absolute Gasteiger partial charge is 0.120 e. The van der Waals surface area contributed by atoms with Crippen LogP contribution in [0.15, 0.2) is 36.4 Å². The minimum absolute atomic E-state index is 0.0970. The zero-order valence-electron chi connectivity index (χ0n) is 11.9. The van der Waals surface area contributed by atoms with Gasteiger partial charge in [0.15, 0.2) is 0 Å². The summed E-state index contributed by atoms with van der Waals surface area (Å²) in [6.07, 6.45) is 0.541. The van der Waals surface area contributed by atoms with Crippen LogP contribution in [0.2, 0.25) is 0 Å². The summed E-state index contributed by atoms with van der Waals surface area (Å²) in [5.74, 6) is 0.328. The fourth-order valence-electron chi connectivity index (χ4n) is 2.98. The van der Waals surface area contributed by atoms with Crippen molar-refractivity contribution in [3.05, 3.63) is 42.0 Å². The Morgan fingerprint density at radius 3 is 2.65 bits per heavy atom. The fourth-order valence-corrected chi connectivity index (χ4v) is 2.98. The first-order chi connectivity index (χ1) is 9.50. The van der Waals surface area contributed by atoms with E-state index in [1.165, 1.54) is 0 Å². The SMILES string of the molecule is CC1(C)C(O)CC1NCc1c(O)ccc2ccccc12. The summed E-state index contributed by atoms with van der Waals surface area (Å²) in [6.45, 7) is 4.76. The summed E-state index contributed by atoms with van der Waals surface area (Å²) < 4.78 is 0. The van der Waals surface area contributed by atoms with Crippen molar-refractivity contribution in [2.45, 2.75) is 39.0 Å². The molecule has 0 aliphatic heterocycles. The molecule has 106 valence electrons. The molecule has 0 saturated heterocycles. The van der Waals surface area contributed by atoms with Gasteiger partial charge in [0, 0.05) is 23.6 Å². The lowest BCUT2D eigenvalue weighted by Gasteiger charge is -2.49. The Kier molecular flexibility index (Phi) is 3.19. The molecule has 3 rings (SSSR count). The average molecular weight is 271 g/mol. The van der Waals surface area contributed by atoms with Crippen LogP contribution in [-0.2, 0) is 6.54 Å². The molecular formula is C17H21NO2. The van der Waals surface area contributed by atoms with E-state index in [4.69, 9.17) is 0 Å². The van der Waals surface area contributed by atoms with E-state index in [1.54, 1.807) is 6.07 Å². The van der Waals surface area contributed by atoms with E-state index in [2.05, 4.69) is 25.2 Å². The van der Waals surface area contributed by atoms with Crippen molar-refractivity contribution >= 4 is 10.8 Å². The minimum atomic E-state index is -0.235. The second-order valence-electron chi connectivity index (χ2n) is 6.29. The molecule has 2 unspecified atom stereocenters. The highest BCUT2D eigenvalue weighted by molar-refractivity contribution is 5.87. The van der Waals surface area contributed by atoms with E-state index < -0.39 is 0 Å². The van der Waals surface area contributed by atoms with Gasteiger partial charge in [-0.2, -0.15) is 0 Å². The molecule has 2 aromatic carbocycles. The Hall–Kier alpha value is -1.58. The van der Waals surface area contributed by atoms with Crippen LogP contribution in [0.25, 0.3) is 10.8 Å². The number of aliphatic hydroxyl groups excluding tert-OH is 1. The Bertz CT molecular complexity index is 636. The predicted octanol–water partition coefficient (Wildman–Crippen LogP) is 2.79. The lowest BCUT2D eigenvalue weighted by Crippen LogP contribution is -2.59. The fraction of sp³-hybridized carbons (Fsp3) is 0.412. The highest BCUT2D eigenvalue weighted by Gasteiger charge is 2.46. The Labute approximate surface area is 119 Å². The highest BCUT2D eigenvalue weighted by Crippen LogP contribution is 2.40. The predicted molar refractivity (Wildman–Crippen MR) is 80.6 cm³/mol. The molecule has 3 N–H and O–H groups in total. The summed E-state index contributed by atoms with van der Waals surface area (Å²) in [4.78, 5) is 0. The Balaban J connectivity index is 1.83. The molecule has 1 aliphatic carbocycles. The monoisotopic (exact) mass is 271 g/mol. The number of rotatable bonds is 3. The molecule has 0 bridgehead atoms. The summed E-state index contributed by atoms with van der Waals surface area (Å²) >= 11 is 0. The van der Waals surface area contributed by atoms with Gasteiger partial charge in [-0.1, -0.05) is 44.2 Å². The van der Waals surface area contributed by atoms with Gasteiger partial charge in [-0.3, -0.25) is 0 Å². The van der Waals surface area contributed by atoms with Gasteiger partial charge in [-0.05, 0) is 23.3 Å². The molecule has 2 aromatic rings. The number of nitrogens with one attached hydrogen (secondary N) is 1. The van der Waals surface area contributed by atoms with Crippen LogP contribution in [0.3, 0.4) is 0 Å². The van der Waals surface area contributed by atoms with E-state index in [0.29, 0.717) is 12.3 Å². The third-order valence-corrected chi connectivity index (χ3v) is 4.76. The first-order valence-corrected chi connectivity index (χ1v) is 7.11. The van der Waals surface area contributed by atoms with E-state index in [-0.39, 0.29) is 17.6 Å². The van der Waals surface area contributed by atoms with Crippen LogP contribution >= 0.6 is 0 Å². The number of aliphatic hydroxyl groups is 1. The third kappa shape index (κ3) is 2.07. The van der Waals surface area contributed by atoms with Crippen LogP contribution in [0, 0.1) is 5.41 Å². The molecule has 0 aromatic heterocycles. The first kappa shape index (κ1) is 13.4. The van der Waals surface area contributed by atoms with Crippen molar-refractivity contribution in [2.75, 3.05) is 0 Å². The van der Waals surface area contributed by atoms with Crippen molar-refractivity contribution in [1.82, 2.24) is 5.32 Å². The normalized spacial score (nSPS) is 24.6. The summed E-state index contributed by atoms with van der Waals surface area (Å²) in [5.41, 5.74) is 0.834. The maximum absolute atomic E-state index is 10.1. The quantitative estimate of drug-likeness (QED) is 0.804. The molecule has 1 aliphatic rings. The zero-order chi connectivity index (χ0) is 14.3. The van der Waals surface area contributed by atoms with Crippen molar-refractivity contribution < 1.29 is 10.2 Å². The number of aromatic hydroxyl groups is 1. The second-order valence-corrected chi connectivity index (χ2v) is 6.29. The molecule has 0 radical (unpaired) electrons. The largest absolute Gasteiger partial charge is 0.508 e. The highest BCUT2D eigenvalue weighted by atomic mass is 16.3. The first-order valence-electron chi connectivity index (χ1n) is 7.11. The average Bonchev–Trinajstić information content (AvgIpc) is 2.45. The summed E-state index contributed by atoms with van der Waals surface area (Å²) in [5, 5.41) is 25.6. The molecular weight excluding hydrogens is 250 g/mol. The van der Waals surface area contributed by atoms with Gasteiger partial charge in [-0.15, -0.1) is 0 Å². The van der Waals surface area contributed by atoms with Crippen LogP contribution in [0.1, 0.15) is 25.8 Å². The van der Waals surface area contributed by atoms with E-state index in [9.17, 15) is 10.2 Å². The maximum atomic E-state index is 10.1. The molecule has 3 nitrogen and oxygen atoms in total. The van der Waals surface area contributed by atoms with Gasteiger partial charge in [0.25, 0.3) is 0 Å². The van der Waals surface area contributed by atoms with Crippen LogP contribution in [0.5, 0.6) is 5.75 Å². The molecule has 0 heterocycles. The molecule has 1 saturated carbocycles. The van der Waals surface area contributed by atoms with Crippen molar-refractivity contribution in [2.24, 2.45) is 5.41 Å². The lowest BCUT2D eigenvalue weighted by molar-refractivity contribution is -0.0729. The van der Waals surface area contributed by atoms with Crippen LogP contribution < -0.4 is 5.32 Å². The number of fused-ring (bicyclic) bond motifs is 1. The third-order valence-electron chi connectivity index (χ3n) is 4.76. The van der Waals surface area contributed by atoms with Crippen molar-refractivity contribution in [3.8, 4) is 5.75 Å². The van der Waals surface area contributed by atoms with Gasteiger partial charge in [-0.25, -0.2) is 0 Å². The molecule has 20 heavy (non-hydrogen) atoms.